The molecule has 1 amide bonds. The lowest BCUT2D eigenvalue weighted by Crippen LogP contribution is -2.33. The number of nitrogens with two attached hydrogens (primary N) is 1. The second-order valence-corrected chi connectivity index (χ2v) is 4.64. The fourth-order valence-corrected chi connectivity index (χ4v) is 2.39. The van der Waals surface area contributed by atoms with Crippen molar-refractivity contribution in [1.82, 2.24) is 9.55 Å². The van der Waals surface area contributed by atoms with Crippen LogP contribution in [0.5, 0.6) is 0 Å². The highest BCUT2D eigenvalue weighted by Gasteiger charge is 2.44. The van der Waals surface area contributed by atoms with Crippen molar-refractivity contribution in [2.45, 2.75) is 24.5 Å². The minimum atomic E-state index is -1.24. The Bertz CT molecular complexity index is 465. The molecule has 1 aromatic heterocycles. The number of amides is 1. The average molecular weight is 322 g/mol. The van der Waals surface area contributed by atoms with E-state index in [1.807, 2.05) is 0 Å². The first kappa shape index (κ1) is 13.4. The van der Waals surface area contributed by atoms with Crippen LogP contribution in [0.25, 0.3) is 0 Å². The van der Waals surface area contributed by atoms with E-state index in [-0.39, 0.29) is 10.3 Å². The van der Waals surface area contributed by atoms with Gasteiger partial charge in [-0.3, -0.25) is 9.36 Å². The van der Waals surface area contributed by atoms with Crippen LogP contribution < -0.4 is 5.73 Å². The molecule has 0 bridgehead atoms. The summed E-state index contributed by atoms with van der Waals surface area (Å²) in [5.41, 5.74) is 5.10. The molecule has 8 nitrogen and oxygen atoms in total. The monoisotopic (exact) mass is 321 g/mol. The van der Waals surface area contributed by atoms with E-state index in [0.29, 0.717) is 0 Å². The number of aromatic nitrogens is 2. The predicted octanol–water partition coefficient (Wildman–Crippen LogP) is -1.64. The number of carbonyl (C=O) groups is 1. The number of primary amides is 1. The summed E-state index contributed by atoms with van der Waals surface area (Å²) in [6.07, 6.45) is -3.05. The standard InChI is InChI=1S/C9H12BrN3O5/c10-7-4(8(11)17)12-2-13(7)9-6(16)5(15)3(1-14)18-9/h2-3,5-6,9,14-16H,1H2,(H2,11,17)/t3-,5-,6-,9-/m1/s1. The maximum atomic E-state index is 11.0. The second-order valence-electron chi connectivity index (χ2n) is 3.88. The molecule has 18 heavy (non-hydrogen) atoms. The Kier molecular flexibility index (Phi) is 3.69. The predicted molar refractivity (Wildman–Crippen MR) is 61.5 cm³/mol. The van der Waals surface area contributed by atoms with Gasteiger partial charge in [-0.1, -0.05) is 0 Å². The quantitative estimate of drug-likeness (QED) is 0.528. The van der Waals surface area contributed by atoms with Crippen molar-refractivity contribution in [2.24, 2.45) is 5.73 Å². The molecular formula is C9H12BrN3O5. The van der Waals surface area contributed by atoms with Crippen LogP contribution in [0, 0.1) is 0 Å². The first-order valence-corrected chi connectivity index (χ1v) is 5.91. The molecule has 1 aliphatic heterocycles. The molecule has 4 atom stereocenters. The molecule has 0 saturated carbocycles. The van der Waals surface area contributed by atoms with Crippen LogP contribution >= 0.6 is 15.9 Å². The maximum Gasteiger partial charge on any atom is 0.270 e. The molecule has 0 aliphatic carbocycles. The van der Waals surface area contributed by atoms with Crippen LogP contribution in [0.4, 0.5) is 0 Å². The van der Waals surface area contributed by atoms with Crippen LogP contribution in [-0.4, -0.2) is 55.7 Å². The fourth-order valence-electron chi connectivity index (χ4n) is 1.80. The molecule has 1 fully saturated rings. The van der Waals surface area contributed by atoms with Gasteiger partial charge in [0.25, 0.3) is 5.91 Å². The van der Waals surface area contributed by atoms with Crippen LogP contribution in [0.15, 0.2) is 10.9 Å². The Labute approximate surface area is 110 Å². The molecule has 0 spiro atoms. The highest BCUT2D eigenvalue weighted by molar-refractivity contribution is 9.10. The van der Waals surface area contributed by atoms with Crippen molar-refractivity contribution in [2.75, 3.05) is 6.61 Å². The van der Waals surface area contributed by atoms with E-state index in [0.717, 1.165) is 0 Å². The van der Waals surface area contributed by atoms with Gasteiger partial charge in [0.05, 0.1) is 12.9 Å². The van der Waals surface area contributed by atoms with Gasteiger partial charge in [0, 0.05) is 0 Å². The topological polar surface area (TPSA) is 131 Å². The van der Waals surface area contributed by atoms with E-state index >= 15 is 0 Å². The molecule has 2 rings (SSSR count). The molecule has 1 aliphatic rings. The van der Waals surface area contributed by atoms with Gasteiger partial charge in [-0.2, -0.15) is 0 Å². The van der Waals surface area contributed by atoms with Gasteiger partial charge in [0.2, 0.25) is 0 Å². The second kappa shape index (κ2) is 4.94. The Balaban J connectivity index is 2.30. The lowest BCUT2D eigenvalue weighted by molar-refractivity contribution is -0.0537. The normalized spacial score (nSPS) is 31.8. The first-order chi connectivity index (χ1) is 8.47. The molecule has 2 heterocycles. The van der Waals surface area contributed by atoms with Crippen molar-refractivity contribution >= 4 is 21.8 Å². The van der Waals surface area contributed by atoms with E-state index < -0.39 is 37.1 Å². The number of nitrogens with zero attached hydrogens (tertiary/aromatic N) is 2. The molecular weight excluding hydrogens is 310 g/mol. The molecule has 5 N–H and O–H groups in total. The lowest BCUT2D eigenvalue weighted by atomic mass is 10.1. The average Bonchev–Trinajstić information content (AvgIpc) is 2.82. The molecule has 1 aromatic rings. The molecule has 1 saturated heterocycles. The zero-order chi connectivity index (χ0) is 13.4. The number of carbonyl (C=O) groups excluding carboxylic acids is 1. The highest BCUT2D eigenvalue weighted by Crippen LogP contribution is 2.32. The van der Waals surface area contributed by atoms with E-state index in [1.54, 1.807) is 0 Å². The number of aliphatic hydroxyl groups excluding tert-OH is 3. The Morgan fingerprint density at radius 1 is 1.56 bits per heavy atom. The number of hydrogen-bond donors (Lipinski definition) is 4. The van der Waals surface area contributed by atoms with E-state index in [2.05, 4.69) is 20.9 Å². The summed E-state index contributed by atoms with van der Waals surface area (Å²) in [4.78, 5) is 14.8. The van der Waals surface area contributed by atoms with Crippen molar-refractivity contribution in [1.29, 1.82) is 0 Å². The first-order valence-electron chi connectivity index (χ1n) is 5.12. The van der Waals surface area contributed by atoms with Gasteiger partial charge in [0.1, 0.15) is 22.9 Å². The Morgan fingerprint density at radius 2 is 2.22 bits per heavy atom. The largest absolute Gasteiger partial charge is 0.394 e. The smallest absolute Gasteiger partial charge is 0.270 e. The van der Waals surface area contributed by atoms with Gasteiger partial charge in [-0.25, -0.2) is 4.98 Å². The summed E-state index contributed by atoms with van der Waals surface area (Å²) in [6.45, 7) is -0.427. The van der Waals surface area contributed by atoms with Crippen molar-refractivity contribution in [3.05, 3.63) is 16.6 Å². The molecule has 0 radical (unpaired) electrons. The third kappa shape index (κ3) is 2.04. The van der Waals surface area contributed by atoms with Gasteiger partial charge in [0.15, 0.2) is 11.9 Å². The number of rotatable bonds is 3. The third-order valence-electron chi connectivity index (χ3n) is 2.76. The number of aliphatic hydroxyl groups is 3. The fraction of sp³-hybridized carbons (Fsp3) is 0.556. The van der Waals surface area contributed by atoms with Crippen LogP contribution in [-0.2, 0) is 4.74 Å². The van der Waals surface area contributed by atoms with Gasteiger partial charge < -0.3 is 25.8 Å². The minimum absolute atomic E-state index is 0.00672. The van der Waals surface area contributed by atoms with Crippen molar-refractivity contribution in [3.8, 4) is 0 Å². The molecule has 0 unspecified atom stereocenters. The van der Waals surface area contributed by atoms with E-state index in [1.165, 1.54) is 10.9 Å². The lowest BCUT2D eigenvalue weighted by Gasteiger charge is -2.17. The van der Waals surface area contributed by atoms with Gasteiger partial charge in [-0.05, 0) is 15.9 Å². The summed E-state index contributed by atoms with van der Waals surface area (Å²) >= 11 is 3.12. The van der Waals surface area contributed by atoms with Crippen molar-refractivity contribution in [3.63, 3.8) is 0 Å². The van der Waals surface area contributed by atoms with Crippen LogP contribution in [0.1, 0.15) is 16.7 Å². The van der Waals surface area contributed by atoms with Crippen molar-refractivity contribution < 1.29 is 24.9 Å². The molecule has 0 aromatic carbocycles. The minimum Gasteiger partial charge on any atom is -0.394 e. The van der Waals surface area contributed by atoms with Crippen LogP contribution in [0.3, 0.4) is 0 Å². The highest BCUT2D eigenvalue weighted by atomic mass is 79.9. The van der Waals surface area contributed by atoms with E-state index in [9.17, 15) is 15.0 Å². The number of imidazole rings is 1. The number of hydrogen-bond acceptors (Lipinski definition) is 6. The third-order valence-corrected chi connectivity index (χ3v) is 3.54. The summed E-state index contributed by atoms with van der Waals surface area (Å²) in [5, 5.41) is 28.4. The van der Waals surface area contributed by atoms with Gasteiger partial charge >= 0.3 is 0 Å². The SMILES string of the molecule is NC(=O)c1ncn([C@@H]2O[C@H](CO)[C@@H](O)[C@H]2O)c1Br. The Morgan fingerprint density at radius 3 is 2.67 bits per heavy atom. The summed E-state index contributed by atoms with van der Waals surface area (Å²) < 4.78 is 6.85. The summed E-state index contributed by atoms with van der Waals surface area (Å²) in [7, 11) is 0. The molecule has 100 valence electrons. The Hall–Kier alpha value is -1.00. The van der Waals surface area contributed by atoms with Gasteiger partial charge in [-0.15, -0.1) is 0 Å². The zero-order valence-corrected chi connectivity index (χ0v) is 10.7. The summed E-state index contributed by atoms with van der Waals surface area (Å²) in [6, 6.07) is 0. The zero-order valence-electron chi connectivity index (χ0n) is 9.10. The van der Waals surface area contributed by atoms with Crippen LogP contribution in [0.2, 0.25) is 0 Å². The molecule has 9 heteroatoms. The number of halogens is 1. The summed E-state index contributed by atoms with van der Waals surface area (Å²) in [5.74, 6) is -0.729. The maximum absolute atomic E-state index is 11.0. The number of ether oxygens (including phenoxy) is 1. The van der Waals surface area contributed by atoms with E-state index in [4.69, 9.17) is 15.6 Å².